The van der Waals surface area contributed by atoms with Crippen molar-refractivity contribution in [3.8, 4) is 17.2 Å². The molecule has 0 bridgehead atoms. The largest absolute Gasteiger partial charge is 0.493 e. The van der Waals surface area contributed by atoms with Gasteiger partial charge < -0.3 is 18.6 Å². The number of nitrogens with zero attached hydrogens (tertiary/aromatic N) is 1. The lowest BCUT2D eigenvalue weighted by Crippen LogP contribution is -2.29. The number of benzene rings is 3. The Balaban J connectivity index is 1.84. The monoisotopic (exact) mass is 535 g/mol. The molecule has 0 saturated heterocycles. The van der Waals surface area contributed by atoms with Crippen LogP contribution in [0.25, 0.3) is 11.0 Å². The van der Waals surface area contributed by atoms with Crippen molar-refractivity contribution in [2.45, 2.75) is 13.0 Å². The predicted octanol–water partition coefficient (Wildman–Crippen LogP) is 5.64. The van der Waals surface area contributed by atoms with Gasteiger partial charge >= 0.3 is 0 Å². The Morgan fingerprint density at radius 3 is 2.14 bits per heavy atom. The molecule has 1 atom stereocenters. The highest BCUT2D eigenvalue weighted by Crippen LogP contribution is 2.46. The van der Waals surface area contributed by atoms with E-state index in [4.69, 9.17) is 18.6 Å². The van der Waals surface area contributed by atoms with Crippen LogP contribution >= 0.6 is 15.9 Å². The number of hydrogen-bond acceptors (Lipinski definition) is 6. The Labute approximate surface area is 210 Å². The Morgan fingerprint density at radius 1 is 0.886 bits per heavy atom. The first-order valence-corrected chi connectivity index (χ1v) is 11.6. The highest BCUT2D eigenvalue weighted by Gasteiger charge is 2.44. The number of rotatable bonds is 5. The number of anilines is 1. The van der Waals surface area contributed by atoms with Crippen LogP contribution in [0.4, 0.5) is 5.69 Å². The summed E-state index contributed by atoms with van der Waals surface area (Å²) in [6.07, 6.45) is 0. The van der Waals surface area contributed by atoms with Crippen molar-refractivity contribution in [1.82, 2.24) is 0 Å². The second-order valence-corrected chi connectivity index (χ2v) is 9.10. The molecule has 4 aromatic rings. The highest BCUT2D eigenvalue weighted by molar-refractivity contribution is 9.10. The molecule has 0 fully saturated rings. The van der Waals surface area contributed by atoms with Gasteiger partial charge in [-0.3, -0.25) is 14.5 Å². The summed E-state index contributed by atoms with van der Waals surface area (Å²) in [5.74, 6) is 0.868. The van der Waals surface area contributed by atoms with Crippen molar-refractivity contribution in [1.29, 1.82) is 0 Å². The molecule has 0 saturated carbocycles. The van der Waals surface area contributed by atoms with E-state index in [2.05, 4.69) is 15.9 Å². The number of amides is 1. The minimum atomic E-state index is -0.770. The molecule has 35 heavy (non-hydrogen) atoms. The third kappa shape index (κ3) is 3.65. The summed E-state index contributed by atoms with van der Waals surface area (Å²) >= 11 is 3.42. The molecule has 7 nitrogen and oxygen atoms in total. The Bertz CT molecular complexity index is 1500. The van der Waals surface area contributed by atoms with Crippen LogP contribution in [-0.4, -0.2) is 27.2 Å². The maximum Gasteiger partial charge on any atom is 0.295 e. The number of halogens is 1. The van der Waals surface area contributed by atoms with Crippen molar-refractivity contribution in [2.24, 2.45) is 0 Å². The maximum atomic E-state index is 13.8. The van der Waals surface area contributed by atoms with E-state index in [-0.39, 0.29) is 16.8 Å². The van der Waals surface area contributed by atoms with E-state index in [1.54, 1.807) is 35.2 Å². The van der Waals surface area contributed by atoms with Gasteiger partial charge in [-0.15, -0.1) is 0 Å². The Hall–Kier alpha value is -3.78. The average molecular weight is 536 g/mol. The molecule has 8 heteroatoms. The molecule has 2 heterocycles. The fourth-order valence-electron chi connectivity index (χ4n) is 4.49. The zero-order valence-corrected chi connectivity index (χ0v) is 21.1. The summed E-state index contributed by atoms with van der Waals surface area (Å²) in [6.45, 7) is 1.97. The number of hydrogen-bond donors (Lipinski definition) is 0. The van der Waals surface area contributed by atoms with E-state index in [1.165, 1.54) is 21.3 Å². The van der Waals surface area contributed by atoms with Crippen LogP contribution in [0.15, 0.2) is 68.3 Å². The number of carbonyl (C=O) groups excluding carboxylic acids is 1. The number of aryl methyl sites for hydroxylation is 1. The number of fused-ring (bicyclic) bond motifs is 2. The van der Waals surface area contributed by atoms with E-state index >= 15 is 0 Å². The van der Waals surface area contributed by atoms with E-state index < -0.39 is 11.9 Å². The number of ether oxygens (including phenoxy) is 3. The summed E-state index contributed by atoms with van der Waals surface area (Å²) in [7, 11) is 4.56. The third-order valence-corrected chi connectivity index (χ3v) is 6.64. The number of carbonyl (C=O) groups is 1. The maximum absolute atomic E-state index is 13.8. The van der Waals surface area contributed by atoms with Crippen molar-refractivity contribution in [2.75, 3.05) is 26.2 Å². The van der Waals surface area contributed by atoms with Gasteiger partial charge in [-0.2, -0.15) is 0 Å². The fraction of sp³-hybridized carbons (Fsp3) is 0.185. The lowest BCUT2D eigenvalue weighted by atomic mass is 9.97. The van der Waals surface area contributed by atoms with Gasteiger partial charge in [0.15, 0.2) is 16.9 Å². The van der Waals surface area contributed by atoms with Crippen LogP contribution in [0, 0.1) is 6.92 Å². The second kappa shape index (κ2) is 8.78. The van der Waals surface area contributed by atoms with Gasteiger partial charge in [-0.05, 0) is 55.0 Å². The van der Waals surface area contributed by atoms with Gasteiger partial charge in [-0.1, -0.05) is 33.6 Å². The van der Waals surface area contributed by atoms with Crippen molar-refractivity contribution in [3.05, 3.63) is 91.7 Å². The fourth-order valence-corrected chi connectivity index (χ4v) is 4.85. The summed E-state index contributed by atoms with van der Waals surface area (Å²) in [4.78, 5) is 29.1. The molecule has 3 aromatic carbocycles. The van der Waals surface area contributed by atoms with Gasteiger partial charge in [0, 0.05) is 10.2 Å². The minimum Gasteiger partial charge on any atom is -0.493 e. The molecular weight excluding hydrogens is 514 g/mol. The molecule has 1 aromatic heterocycles. The Morgan fingerprint density at radius 2 is 1.54 bits per heavy atom. The van der Waals surface area contributed by atoms with Crippen molar-refractivity contribution < 1.29 is 23.4 Å². The quantitative estimate of drug-likeness (QED) is 0.329. The van der Waals surface area contributed by atoms with Crippen LogP contribution in [-0.2, 0) is 0 Å². The molecule has 178 valence electrons. The topological polar surface area (TPSA) is 78.2 Å². The predicted molar refractivity (Wildman–Crippen MR) is 136 cm³/mol. The zero-order chi connectivity index (χ0) is 24.9. The summed E-state index contributed by atoms with van der Waals surface area (Å²) in [6, 6.07) is 15.4. The first kappa shape index (κ1) is 23.0. The highest BCUT2D eigenvalue weighted by atomic mass is 79.9. The van der Waals surface area contributed by atoms with Crippen LogP contribution in [0.2, 0.25) is 0 Å². The molecular formula is C27H22BrNO6. The van der Waals surface area contributed by atoms with Crippen LogP contribution < -0.4 is 24.5 Å². The van der Waals surface area contributed by atoms with Gasteiger partial charge in [-0.25, -0.2) is 0 Å². The molecule has 0 spiro atoms. The zero-order valence-electron chi connectivity index (χ0n) is 19.5. The second-order valence-electron chi connectivity index (χ2n) is 8.19. The first-order valence-electron chi connectivity index (χ1n) is 10.8. The normalized spacial score (nSPS) is 14.8. The molecule has 0 N–H and O–H groups in total. The molecule has 1 unspecified atom stereocenters. The van der Waals surface area contributed by atoms with E-state index in [1.807, 2.05) is 31.2 Å². The SMILES string of the molecule is COc1cc(C2c3c(oc4ccc(Br)cc4c3=O)C(=O)N2c2ccc(C)cc2)cc(OC)c1OC. The van der Waals surface area contributed by atoms with Gasteiger partial charge in [0.2, 0.25) is 11.5 Å². The third-order valence-electron chi connectivity index (χ3n) is 6.15. The molecule has 0 aliphatic carbocycles. The van der Waals surface area contributed by atoms with E-state index in [9.17, 15) is 9.59 Å². The smallest absolute Gasteiger partial charge is 0.295 e. The van der Waals surface area contributed by atoms with E-state index in [0.29, 0.717) is 39.5 Å². The minimum absolute atomic E-state index is 0.0177. The summed E-state index contributed by atoms with van der Waals surface area (Å²) in [5, 5.41) is 0.383. The van der Waals surface area contributed by atoms with Crippen LogP contribution in [0.5, 0.6) is 17.2 Å². The Kier molecular flexibility index (Phi) is 5.76. The molecule has 5 rings (SSSR count). The first-order chi connectivity index (χ1) is 16.9. The van der Waals surface area contributed by atoms with E-state index in [0.717, 1.165) is 10.0 Å². The standard InChI is InChI=1S/C27H22BrNO6/c1-14-5-8-17(9-6-14)29-23(15-11-20(32-2)25(34-4)21(12-15)33-3)22-24(30)18-13-16(28)7-10-19(18)35-26(22)27(29)31/h5-13,23H,1-4H3. The van der Waals surface area contributed by atoms with Crippen LogP contribution in [0.3, 0.4) is 0 Å². The van der Waals surface area contributed by atoms with Gasteiger partial charge in [0.1, 0.15) is 5.58 Å². The van der Waals surface area contributed by atoms with Crippen molar-refractivity contribution in [3.63, 3.8) is 0 Å². The summed E-state index contributed by atoms with van der Waals surface area (Å²) < 4.78 is 23.3. The van der Waals surface area contributed by atoms with Crippen LogP contribution in [0.1, 0.15) is 33.3 Å². The molecule has 1 aliphatic heterocycles. The lowest BCUT2D eigenvalue weighted by Gasteiger charge is -2.26. The molecule has 0 radical (unpaired) electrons. The lowest BCUT2D eigenvalue weighted by molar-refractivity contribution is 0.0971. The molecule has 1 aliphatic rings. The number of methoxy groups -OCH3 is 3. The van der Waals surface area contributed by atoms with Gasteiger partial charge in [0.05, 0.1) is 38.3 Å². The summed E-state index contributed by atoms with van der Waals surface area (Å²) in [5.41, 5.74) is 2.63. The van der Waals surface area contributed by atoms with Crippen molar-refractivity contribution >= 4 is 38.5 Å². The average Bonchev–Trinajstić information content (AvgIpc) is 3.16. The van der Waals surface area contributed by atoms with Gasteiger partial charge in [0.25, 0.3) is 5.91 Å². The molecule has 1 amide bonds.